The van der Waals surface area contributed by atoms with E-state index in [9.17, 15) is 0 Å². The molecule has 32 heavy (non-hydrogen) atoms. The van der Waals surface area contributed by atoms with Gasteiger partial charge in [-0.15, -0.1) is 0 Å². The molecular formula is C27H30Cl2N2Ru-2. The first-order valence-electron chi connectivity index (χ1n) is 10.5. The van der Waals surface area contributed by atoms with E-state index in [0.29, 0.717) is 0 Å². The summed E-state index contributed by atoms with van der Waals surface area (Å²) >= 11 is -1.80. The summed E-state index contributed by atoms with van der Waals surface area (Å²) < 4.78 is 1.93. The van der Waals surface area contributed by atoms with Gasteiger partial charge in [0.05, 0.1) is 0 Å². The van der Waals surface area contributed by atoms with E-state index in [1.165, 1.54) is 22.4 Å². The third-order valence-electron chi connectivity index (χ3n) is 5.44. The van der Waals surface area contributed by atoms with Crippen molar-refractivity contribution in [1.82, 2.24) is 4.90 Å². The average molecular weight is 555 g/mol. The van der Waals surface area contributed by atoms with Gasteiger partial charge in [-0.25, -0.2) is 0 Å². The van der Waals surface area contributed by atoms with E-state index in [1.54, 1.807) is 0 Å². The molecule has 0 amide bonds. The minimum absolute atomic E-state index is 0.985. The van der Waals surface area contributed by atoms with Gasteiger partial charge >= 0.3 is 115 Å². The molecule has 1 aliphatic heterocycles. The van der Waals surface area contributed by atoms with Crippen LogP contribution in [0.5, 0.6) is 0 Å². The Labute approximate surface area is 206 Å². The number of benzene rings is 3. The molecule has 3 aromatic carbocycles. The predicted molar refractivity (Wildman–Crippen MR) is 138 cm³/mol. The molecule has 0 radical (unpaired) electrons. The van der Waals surface area contributed by atoms with Crippen LogP contribution in [0.25, 0.3) is 11.1 Å². The second-order valence-electron chi connectivity index (χ2n) is 8.08. The van der Waals surface area contributed by atoms with E-state index in [4.69, 9.17) is 19.4 Å². The Balaban J connectivity index is 0.000000182. The molecule has 2 nitrogen and oxygen atoms in total. The Kier molecular flexibility index (Phi) is 8.97. The molecule has 3 aromatic rings. The fourth-order valence-corrected chi connectivity index (χ4v) is 5.95. The molecule has 0 aromatic heterocycles. The first-order valence-corrected chi connectivity index (χ1v) is 16.0. The summed E-state index contributed by atoms with van der Waals surface area (Å²) in [5.74, 6) is 0. The topological polar surface area (TPSA) is 6.48 Å². The van der Waals surface area contributed by atoms with Crippen molar-refractivity contribution < 1.29 is 13.5 Å². The van der Waals surface area contributed by atoms with Gasteiger partial charge in [-0.2, -0.15) is 6.67 Å². The molecule has 0 atom stereocenters. The molecule has 4 rings (SSSR count). The van der Waals surface area contributed by atoms with Crippen LogP contribution < -0.4 is 4.90 Å². The molecule has 1 heterocycles. The van der Waals surface area contributed by atoms with Crippen LogP contribution in [0.4, 0.5) is 5.69 Å². The number of hydrogen-bond donors (Lipinski definition) is 0. The van der Waals surface area contributed by atoms with Gasteiger partial charge in [-0.3, -0.25) is 0 Å². The van der Waals surface area contributed by atoms with Gasteiger partial charge in [0.25, 0.3) is 0 Å². The summed E-state index contributed by atoms with van der Waals surface area (Å²) in [5.41, 5.74) is 9.79. The van der Waals surface area contributed by atoms with Crippen LogP contribution in [0.15, 0.2) is 60.7 Å². The van der Waals surface area contributed by atoms with E-state index in [0.717, 1.165) is 35.3 Å². The normalized spacial score (nSPS) is 14.1. The number of hydrogen-bond acceptors (Lipinski definition) is 2. The molecule has 5 heteroatoms. The SMILES string of the molecule is Cc1cc(C)c(N2[CH-]N(C)CC2)c(C)c1.[CH2-]c1c([CH]=[Ru]([Cl])[Cl])cccc1-c1ccccc1. The van der Waals surface area contributed by atoms with Crippen LogP contribution in [-0.2, 0) is 13.5 Å². The molecule has 1 aliphatic rings. The molecule has 0 unspecified atom stereocenters. The molecule has 0 saturated carbocycles. The molecule has 1 fully saturated rings. The van der Waals surface area contributed by atoms with Crippen molar-refractivity contribution >= 4 is 29.7 Å². The summed E-state index contributed by atoms with van der Waals surface area (Å²) in [6.07, 6.45) is 0. The molecular weight excluding hydrogens is 524 g/mol. The first-order chi connectivity index (χ1) is 15.3. The van der Waals surface area contributed by atoms with E-state index < -0.39 is 13.5 Å². The van der Waals surface area contributed by atoms with E-state index in [1.807, 2.05) is 34.9 Å². The third kappa shape index (κ3) is 6.45. The van der Waals surface area contributed by atoms with Crippen LogP contribution in [0.3, 0.4) is 0 Å². The van der Waals surface area contributed by atoms with Crippen LogP contribution in [-0.4, -0.2) is 29.6 Å². The van der Waals surface area contributed by atoms with Gasteiger partial charge in [0.1, 0.15) is 0 Å². The van der Waals surface area contributed by atoms with Gasteiger partial charge in [0.2, 0.25) is 0 Å². The average Bonchev–Trinajstić information content (AvgIpc) is 3.15. The number of anilines is 1. The predicted octanol–water partition coefficient (Wildman–Crippen LogP) is 7.09. The minimum atomic E-state index is -1.80. The van der Waals surface area contributed by atoms with Crippen LogP contribution >= 0.6 is 19.4 Å². The van der Waals surface area contributed by atoms with Crippen molar-refractivity contribution in [1.29, 1.82) is 0 Å². The summed E-state index contributed by atoms with van der Waals surface area (Å²) in [4.78, 5) is 4.59. The van der Waals surface area contributed by atoms with Gasteiger partial charge in [0.15, 0.2) is 0 Å². The number of aryl methyl sites for hydroxylation is 3. The zero-order valence-corrected chi connectivity index (χ0v) is 22.3. The number of nitrogens with zero attached hydrogens (tertiary/aromatic N) is 2. The van der Waals surface area contributed by atoms with E-state index >= 15 is 0 Å². The summed E-state index contributed by atoms with van der Waals surface area (Å²) in [6, 6.07) is 20.8. The number of likely N-dealkylation sites (N-methyl/N-ethyl adjacent to an activating group) is 1. The van der Waals surface area contributed by atoms with Crippen molar-refractivity contribution in [2.45, 2.75) is 20.8 Å². The van der Waals surface area contributed by atoms with Crippen LogP contribution in [0, 0.1) is 34.4 Å². The zero-order valence-electron chi connectivity index (χ0n) is 19.1. The van der Waals surface area contributed by atoms with Crippen molar-refractivity contribution in [2.75, 3.05) is 25.0 Å². The maximum absolute atomic E-state index is 5.91. The molecule has 1 saturated heterocycles. The van der Waals surface area contributed by atoms with Crippen molar-refractivity contribution in [3.05, 3.63) is 102 Å². The van der Waals surface area contributed by atoms with Gasteiger partial charge in [0, 0.05) is 12.2 Å². The Morgan fingerprint density at radius 2 is 1.59 bits per heavy atom. The monoisotopic (exact) mass is 554 g/mol. The fourth-order valence-electron chi connectivity index (χ4n) is 4.09. The first kappa shape index (κ1) is 25.0. The Bertz CT molecular complexity index is 1070. The van der Waals surface area contributed by atoms with Crippen LogP contribution in [0.1, 0.15) is 27.8 Å². The molecule has 0 bridgehead atoms. The molecule has 0 N–H and O–H groups in total. The Hall–Kier alpha value is -1.64. The summed E-state index contributed by atoms with van der Waals surface area (Å²) in [7, 11) is 13.9. The second-order valence-corrected chi connectivity index (χ2v) is 13.8. The van der Waals surface area contributed by atoms with Crippen molar-refractivity contribution in [3.8, 4) is 11.1 Å². The number of rotatable bonds is 3. The summed E-state index contributed by atoms with van der Waals surface area (Å²) in [6.45, 7) is 15.1. The zero-order chi connectivity index (χ0) is 23.3. The van der Waals surface area contributed by atoms with Gasteiger partial charge in [-0.05, 0) is 45.5 Å². The third-order valence-corrected chi connectivity index (χ3v) is 7.27. The van der Waals surface area contributed by atoms with E-state index in [-0.39, 0.29) is 0 Å². The maximum atomic E-state index is 5.91. The van der Waals surface area contributed by atoms with Gasteiger partial charge in [-0.1, -0.05) is 17.7 Å². The standard InChI is InChI=1S/C14H11.C13H19N2.2ClH.Ru/c1-11-7-6-10-14(12(11)2)13-8-4-3-5-9-13;1-10-7-11(2)13(12(3)8-10)15-6-5-14(4)9-15;;;/h1,3-10H,2H2;7-9H,5-6H2,1-4H3;2*1H;/q2*-1;;;+2/p-2. The fraction of sp³-hybridized carbons (Fsp3) is 0.222. The Morgan fingerprint density at radius 1 is 0.938 bits per heavy atom. The van der Waals surface area contributed by atoms with Crippen molar-refractivity contribution in [3.63, 3.8) is 0 Å². The quantitative estimate of drug-likeness (QED) is 0.252. The second kappa shape index (κ2) is 11.5. The molecule has 172 valence electrons. The Morgan fingerprint density at radius 3 is 2.16 bits per heavy atom. The molecule has 0 aliphatic carbocycles. The number of halogens is 2. The molecule has 0 spiro atoms. The van der Waals surface area contributed by atoms with Crippen molar-refractivity contribution in [2.24, 2.45) is 0 Å². The van der Waals surface area contributed by atoms with Crippen LogP contribution in [0.2, 0.25) is 0 Å². The van der Waals surface area contributed by atoms with E-state index in [2.05, 4.69) is 81.5 Å². The van der Waals surface area contributed by atoms with Gasteiger partial charge < -0.3 is 9.80 Å². The summed E-state index contributed by atoms with van der Waals surface area (Å²) in [5, 5.41) is 0.